The first kappa shape index (κ1) is 11.7. The number of thioether (sulfide) groups is 1. The zero-order chi connectivity index (χ0) is 10.7. The number of rotatable bonds is 3. The molecule has 0 amide bonds. The molecule has 1 atom stereocenters. The molecule has 1 N–H and O–H groups in total. The Hall–Kier alpha value is -0.380. The van der Waals surface area contributed by atoms with Crippen LogP contribution in [0.5, 0.6) is 0 Å². The predicted molar refractivity (Wildman–Crippen MR) is 59.4 cm³/mol. The van der Waals surface area contributed by atoms with Crippen LogP contribution in [0.15, 0.2) is 23.1 Å². The van der Waals surface area contributed by atoms with E-state index < -0.39 is 11.2 Å². The summed E-state index contributed by atoms with van der Waals surface area (Å²) in [6.07, 6.45) is 0. The van der Waals surface area contributed by atoms with Gasteiger partial charge in [0.25, 0.3) is 0 Å². The molecular formula is C9H8Cl2O2S. The zero-order valence-corrected chi connectivity index (χ0v) is 9.66. The monoisotopic (exact) mass is 250 g/mol. The van der Waals surface area contributed by atoms with Crippen molar-refractivity contribution >= 4 is 40.9 Å². The summed E-state index contributed by atoms with van der Waals surface area (Å²) in [5, 5.41) is 9.20. The van der Waals surface area contributed by atoms with Gasteiger partial charge in [-0.2, -0.15) is 0 Å². The van der Waals surface area contributed by atoms with Gasteiger partial charge in [0.15, 0.2) is 0 Å². The van der Waals surface area contributed by atoms with Gasteiger partial charge in [-0.15, -0.1) is 11.8 Å². The lowest BCUT2D eigenvalue weighted by Crippen LogP contribution is -2.11. The summed E-state index contributed by atoms with van der Waals surface area (Å²) in [7, 11) is 0. The van der Waals surface area contributed by atoms with Crippen molar-refractivity contribution in [1.82, 2.24) is 0 Å². The first-order valence-corrected chi connectivity index (χ1v) is 5.49. The number of carboxylic acids is 1. The van der Waals surface area contributed by atoms with Gasteiger partial charge in [-0.3, -0.25) is 4.79 Å². The Labute approximate surface area is 96.2 Å². The Bertz CT molecular complexity index is 355. The minimum absolute atomic E-state index is 0.482. The summed E-state index contributed by atoms with van der Waals surface area (Å²) in [4.78, 5) is 11.3. The standard InChI is InChI=1S/C9H8Cl2O2S/c1-5(9(12)13)14-8-3-2-6(10)4-7(8)11/h2-5H,1H3,(H,12,13). The van der Waals surface area contributed by atoms with Gasteiger partial charge in [0.2, 0.25) is 0 Å². The first-order chi connectivity index (χ1) is 6.50. The molecule has 14 heavy (non-hydrogen) atoms. The molecule has 1 unspecified atom stereocenters. The van der Waals surface area contributed by atoms with Crippen molar-refractivity contribution in [3.05, 3.63) is 28.2 Å². The fraction of sp³-hybridized carbons (Fsp3) is 0.222. The smallest absolute Gasteiger partial charge is 0.316 e. The Kier molecular flexibility index (Phi) is 4.11. The highest BCUT2D eigenvalue weighted by Crippen LogP contribution is 2.32. The largest absolute Gasteiger partial charge is 0.480 e. The number of benzene rings is 1. The van der Waals surface area contributed by atoms with Crippen LogP contribution in [0.25, 0.3) is 0 Å². The van der Waals surface area contributed by atoms with Crippen LogP contribution in [-0.2, 0) is 4.79 Å². The van der Waals surface area contributed by atoms with Crippen molar-refractivity contribution in [2.75, 3.05) is 0 Å². The fourth-order valence-corrected chi connectivity index (χ4v) is 2.15. The van der Waals surface area contributed by atoms with Gasteiger partial charge >= 0.3 is 5.97 Å². The molecule has 0 saturated carbocycles. The summed E-state index contributed by atoms with van der Waals surface area (Å²) in [5.41, 5.74) is 0. The predicted octanol–water partition coefficient (Wildman–Crippen LogP) is 3.56. The van der Waals surface area contributed by atoms with Crippen LogP contribution in [0.1, 0.15) is 6.92 Å². The second-order valence-corrected chi connectivity index (χ2v) is 4.90. The molecule has 1 rings (SSSR count). The molecule has 0 fully saturated rings. The average molecular weight is 251 g/mol. The number of carboxylic acid groups (broad SMARTS) is 1. The highest BCUT2D eigenvalue weighted by Gasteiger charge is 2.14. The minimum Gasteiger partial charge on any atom is -0.480 e. The third-order valence-electron chi connectivity index (χ3n) is 1.55. The molecular weight excluding hydrogens is 243 g/mol. The maximum absolute atomic E-state index is 10.6. The summed E-state index contributed by atoms with van der Waals surface area (Å²) < 4.78 is 0. The third kappa shape index (κ3) is 3.08. The fourth-order valence-electron chi connectivity index (χ4n) is 0.812. The lowest BCUT2D eigenvalue weighted by Gasteiger charge is -2.07. The molecule has 5 heteroatoms. The van der Waals surface area contributed by atoms with Gasteiger partial charge in [0.05, 0.1) is 5.02 Å². The molecule has 0 heterocycles. The van der Waals surface area contributed by atoms with Crippen molar-refractivity contribution in [2.24, 2.45) is 0 Å². The maximum Gasteiger partial charge on any atom is 0.316 e. The van der Waals surface area contributed by atoms with Gasteiger partial charge in [0, 0.05) is 9.92 Å². The molecule has 0 aromatic heterocycles. The van der Waals surface area contributed by atoms with Gasteiger partial charge in [0.1, 0.15) is 5.25 Å². The van der Waals surface area contributed by atoms with Crippen molar-refractivity contribution < 1.29 is 9.90 Å². The van der Waals surface area contributed by atoms with Crippen molar-refractivity contribution in [1.29, 1.82) is 0 Å². The van der Waals surface area contributed by atoms with E-state index in [-0.39, 0.29) is 0 Å². The zero-order valence-electron chi connectivity index (χ0n) is 7.33. The molecule has 0 spiro atoms. The molecule has 0 aliphatic heterocycles. The molecule has 1 aromatic carbocycles. The van der Waals surface area contributed by atoms with E-state index in [9.17, 15) is 4.79 Å². The summed E-state index contributed by atoms with van der Waals surface area (Å²) in [5.74, 6) is -0.860. The maximum atomic E-state index is 10.6. The van der Waals surface area contributed by atoms with Crippen molar-refractivity contribution in [3.8, 4) is 0 Å². The Morgan fingerprint density at radius 1 is 1.50 bits per heavy atom. The second-order valence-electron chi connectivity index (χ2n) is 2.67. The Balaban J connectivity index is 2.82. The van der Waals surface area contributed by atoms with E-state index in [1.54, 1.807) is 25.1 Å². The summed E-state index contributed by atoms with van der Waals surface area (Å²) in [6, 6.07) is 5.00. The van der Waals surface area contributed by atoms with Crippen LogP contribution in [0, 0.1) is 0 Å². The lowest BCUT2D eigenvalue weighted by atomic mass is 10.4. The molecule has 76 valence electrons. The number of hydrogen-bond donors (Lipinski definition) is 1. The van der Waals surface area contributed by atoms with E-state index in [2.05, 4.69) is 0 Å². The van der Waals surface area contributed by atoms with Gasteiger partial charge in [-0.05, 0) is 25.1 Å². The first-order valence-electron chi connectivity index (χ1n) is 3.85. The SMILES string of the molecule is CC(Sc1ccc(Cl)cc1Cl)C(=O)O. The second kappa shape index (κ2) is 4.91. The molecule has 0 radical (unpaired) electrons. The molecule has 0 saturated heterocycles. The number of hydrogen-bond acceptors (Lipinski definition) is 2. The molecule has 2 nitrogen and oxygen atoms in total. The minimum atomic E-state index is -0.860. The van der Waals surface area contributed by atoms with Crippen LogP contribution in [0.4, 0.5) is 0 Å². The highest BCUT2D eigenvalue weighted by molar-refractivity contribution is 8.00. The van der Waals surface area contributed by atoms with E-state index in [0.717, 1.165) is 4.90 Å². The summed E-state index contributed by atoms with van der Waals surface area (Å²) >= 11 is 12.8. The van der Waals surface area contributed by atoms with Crippen LogP contribution in [-0.4, -0.2) is 16.3 Å². The summed E-state index contributed by atoms with van der Waals surface area (Å²) in [6.45, 7) is 1.61. The topological polar surface area (TPSA) is 37.3 Å². The highest BCUT2D eigenvalue weighted by atomic mass is 35.5. The Morgan fingerprint density at radius 3 is 2.64 bits per heavy atom. The van der Waals surface area contributed by atoms with E-state index in [1.165, 1.54) is 11.8 Å². The van der Waals surface area contributed by atoms with E-state index in [0.29, 0.717) is 10.0 Å². The van der Waals surface area contributed by atoms with E-state index >= 15 is 0 Å². The molecule has 1 aromatic rings. The lowest BCUT2D eigenvalue weighted by molar-refractivity contribution is -0.136. The number of halogens is 2. The van der Waals surface area contributed by atoms with E-state index in [4.69, 9.17) is 28.3 Å². The number of aliphatic carboxylic acids is 1. The van der Waals surface area contributed by atoms with Crippen LogP contribution >= 0.6 is 35.0 Å². The molecule has 0 aliphatic carbocycles. The quantitative estimate of drug-likeness (QED) is 0.834. The van der Waals surface area contributed by atoms with Crippen molar-refractivity contribution in [2.45, 2.75) is 17.1 Å². The van der Waals surface area contributed by atoms with Gasteiger partial charge in [-0.1, -0.05) is 23.2 Å². The Morgan fingerprint density at radius 2 is 2.14 bits per heavy atom. The molecule has 0 bridgehead atoms. The van der Waals surface area contributed by atoms with Crippen LogP contribution in [0.3, 0.4) is 0 Å². The molecule has 0 aliphatic rings. The number of carbonyl (C=O) groups is 1. The van der Waals surface area contributed by atoms with Crippen LogP contribution in [0.2, 0.25) is 10.0 Å². The van der Waals surface area contributed by atoms with Crippen LogP contribution < -0.4 is 0 Å². The van der Waals surface area contributed by atoms with Gasteiger partial charge in [-0.25, -0.2) is 0 Å². The normalized spacial score (nSPS) is 12.5. The third-order valence-corrected chi connectivity index (χ3v) is 3.37. The van der Waals surface area contributed by atoms with Crippen molar-refractivity contribution in [3.63, 3.8) is 0 Å². The van der Waals surface area contributed by atoms with Gasteiger partial charge < -0.3 is 5.11 Å². The van der Waals surface area contributed by atoms with E-state index in [1.807, 2.05) is 0 Å². The average Bonchev–Trinajstić information content (AvgIpc) is 2.09.